The minimum atomic E-state index is -0.881. The summed E-state index contributed by atoms with van der Waals surface area (Å²) in [6.45, 7) is 0.954. The monoisotopic (exact) mass is 422 g/mol. The molecule has 30 heavy (non-hydrogen) atoms. The van der Waals surface area contributed by atoms with E-state index in [1.54, 1.807) is 0 Å². The molecule has 2 aromatic carbocycles. The third-order valence-electron chi connectivity index (χ3n) is 5.02. The first-order valence-corrected chi connectivity index (χ1v) is 10.6. The molecule has 0 saturated carbocycles. The Morgan fingerprint density at radius 3 is 2.40 bits per heavy atom. The van der Waals surface area contributed by atoms with Gasteiger partial charge in [-0.3, -0.25) is 4.79 Å². The minimum Gasteiger partial charge on any atom is -0.490 e. The van der Waals surface area contributed by atoms with Gasteiger partial charge in [0.1, 0.15) is 11.9 Å². The number of carbonyl (C=O) groups excluding carboxylic acids is 1. The van der Waals surface area contributed by atoms with Crippen LogP contribution in [-0.2, 0) is 0 Å². The van der Waals surface area contributed by atoms with E-state index < -0.39 is 6.09 Å². The first-order chi connectivity index (χ1) is 14.6. The molecule has 0 bridgehead atoms. The van der Waals surface area contributed by atoms with E-state index in [2.05, 4.69) is 5.32 Å². The fourth-order valence-corrected chi connectivity index (χ4v) is 4.37. The normalized spacial score (nSPS) is 14.3. The molecule has 3 aromatic rings. The molecule has 0 unspecified atom stereocenters. The van der Waals surface area contributed by atoms with Crippen molar-refractivity contribution < 1.29 is 19.4 Å². The first-order valence-electron chi connectivity index (χ1n) is 9.80. The van der Waals surface area contributed by atoms with E-state index in [1.165, 1.54) is 16.2 Å². The van der Waals surface area contributed by atoms with E-state index >= 15 is 0 Å². The molecule has 6 nitrogen and oxygen atoms in total. The summed E-state index contributed by atoms with van der Waals surface area (Å²) in [7, 11) is 0. The zero-order valence-electron chi connectivity index (χ0n) is 16.3. The number of para-hydroxylation sites is 2. The van der Waals surface area contributed by atoms with Gasteiger partial charge in [-0.05, 0) is 36.4 Å². The van der Waals surface area contributed by atoms with Crippen LogP contribution in [0.3, 0.4) is 0 Å². The molecule has 2 N–H and O–H groups in total. The average Bonchev–Trinajstić information content (AvgIpc) is 3.25. The molecule has 1 aliphatic rings. The Balaban J connectivity index is 1.46. The van der Waals surface area contributed by atoms with E-state index in [-0.39, 0.29) is 12.0 Å². The van der Waals surface area contributed by atoms with Gasteiger partial charge in [-0.15, -0.1) is 11.3 Å². The Bertz CT molecular complexity index is 1030. The molecule has 2 heterocycles. The number of ether oxygens (including phenoxy) is 1. The fourth-order valence-electron chi connectivity index (χ4n) is 3.44. The predicted octanol–water partition coefficient (Wildman–Crippen LogP) is 5.19. The number of carbonyl (C=O) groups is 2. The number of thiophene rings is 1. The van der Waals surface area contributed by atoms with E-state index in [9.17, 15) is 9.59 Å². The maximum atomic E-state index is 12.6. The zero-order valence-corrected chi connectivity index (χ0v) is 17.1. The highest BCUT2D eigenvalue weighted by Gasteiger charge is 2.24. The van der Waals surface area contributed by atoms with Gasteiger partial charge in [0, 0.05) is 42.1 Å². The predicted molar refractivity (Wildman–Crippen MR) is 117 cm³/mol. The number of carboxylic acid groups (broad SMARTS) is 1. The molecule has 1 saturated heterocycles. The van der Waals surface area contributed by atoms with Gasteiger partial charge in [-0.1, -0.05) is 30.3 Å². The Hall–Kier alpha value is -3.32. The largest absolute Gasteiger partial charge is 0.490 e. The smallest absolute Gasteiger partial charge is 0.407 e. The van der Waals surface area contributed by atoms with Crippen LogP contribution in [0.5, 0.6) is 5.75 Å². The first kappa shape index (κ1) is 20.0. The summed E-state index contributed by atoms with van der Waals surface area (Å²) in [4.78, 5) is 26.6. The van der Waals surface area contributed by atoms with Crippen molar-refractivity contribution in [2.45, 2.75) is 18.9 Å². The third-order valence-corrected chi connectivity index (χ3v) is 6.14. The topological polar surface area (TPSA) is 78.9 Å². The van der Waals surface area contributed by atoms with Gasteiger partial charge in [0.2, 0.25) is 0 Å². The van der Waals surface area contributed by atoms with E-state index in [0.29, 0.717) is 30.8 Å². The minimum absolute atomic E-state index is 0.0254. The summed E-state index contributed by atoms with van der Waals surface area (Å²) in [6, 6.07) is 20.9. The fraction of sp³-hybridized carbons (Fsp3) is 0.217. The number of piperidine rings is 1. The van der Waals surface area contributed by atoms with E-state index in [1.807, 2.05) is 66.7 Å². The standard InChI is InChI=1S/C23H22N2O4S/c26-22(24-16-6-2-1-3-7-16)21-11-10-20(30-21)18-8-4-5-9-19(18)29-17-12-14-25(15-13-17)23(27)28/h1-11,17H,12-15H2,(H,24,26)(H,27,28). The van der Waals surface area contributed by atoms with Crippen LogP contribution in [0.2, 0.25) is 0 Å². The Morgan fingerprint density at radius 2 is 1.67 bits per heavy atom. The molecule has 0 aliphatic carbocycles. The number of nitrogens with zero attached hydrogens (tertiary/aromatic N) is 1. The molecule has 1 aromatic heterocycles. The molecular formula is C23H22N2O4S. The third kappa shape index (κ3) is 4.63. The maximum Gasteiger partial charge on any atom is 0.407 e. The van der Waals surface area contributed by atoms with Crippen LogP contribution in [-0.4, -0.2) is 41.2 Å². The number of hydrogen-bond acceptors (Lipinski definition) is 4. The quantitative estimate of drug-likeness (QED) is 0.593. The van der Waals surface area contributed by atoms with Crippen LogP contribution in [0.1, 0.15) is 22.5 Å². The molecule has 1 aliphatic heterocycles. The number of benzene rings is 2. The maximum absolute atomic E-state index is 12.6. The molecule has 7 heteroatoms. The number of rotatable bonds is 5. The number of hydrogen-bond donors (Lipinski definition) is 2. The van der Waals surface area contributed by atoms with Gasteiger partial charge in [0.05, 0.1) is 4.88 Å². The lowest BCUT2D eigenvalue weighted by Gasteiger charge is -2.30. The lowest BCUT2D eigenvalue weighted by Crippen LogP contribution is -2.41. The second-order valence-electron chi connectivity index (χ2n) is 7.07. The highest BCUT2D eigenvalue weighted by Crippen LogP contribution is 2.36. The number of nitrogens with one attached hydrogen (secondary N) is 1. The number of anilines is 1. The summed E-state index contributed by atoms with van der Waals surface area (Å²) in [5.41, 5.74) is 1.69. The van der Waals surface area contributed by atoms with Crippen LogP contribution < -0.4 is 10.1 Å². The Morgan fingerprint density at radius 1 is 0.967 bits per heavy atom. The van der Waals surface area contributed by atoms with E-state index in [4.69, 9.17) is 9.84 Å². The SMILES string of the molecule is O=C(Nc1ccccc1)c1ccc(-c2ccccc2OC2CCN(C(=O)O)CC2)s1. The molecule has 0 spiro atoms. The summed E-state index contributed by atoms with van der Waals surface area (Å²) in [6.07, 6.45) is 0.419. The van der Waals surface area contributed by atoms with Crippen molar-refractivity contribution in [3.05, 3.63) is 71.6 Å². The zero-order chi connectivity index (χ0) is 20.9. The van der Waals surface area contributed by atoms with Gasteiger partial charge in [0.15, 0.2) is 0 Å². The molecule has 2 amide bonds. The van der Waals surface area contributed by atoms with Crippen molar-refractivity contribution in [3.63, 3.8) is 0 Å². The van der Waals surface area contributed by atoms with Crippen LogP contribution in [0.25, 0.3) is 10.4 Å². The average molecular weight is 423 g/mol. The summed E-state index contributed by atoms with van der Waals surface area (Å²) >= 11 is 1.42. The van der Waals surface area contributed by atoms with Crippen molar-refractivity contribution in [3.8, 4) is 16.2 Å². The highest BCUT2D eigenvalue weighted by molar-refractivity contribution is 7.17. The Kier molecular flexibility index (Phi) is 5.99. The molecular weight excluding hydrogens is 400 g/mol. The van der Waals surface area contributed by atoms with Crippen molar-refractivity contribution in [1.29, 1.82) is 0 Å². The molecule has 0 atom stereocenters. The van der Waals surface area contributed by atoms with Gasteiger partial charge in [-0.25, -0.2) is 4.79 Å². The highest BCUT2D eigenvalue weighted by atomic mass is 32.1. The van der Waals surface area contributed by atoms with Gasteiger partial charge in [-0.2, -0.15) is 0 Å². The lowest BCUT2D eigenvalue weighted by molar-refractivity contribution is 0.0897. The van der Waals surface area contributed by atoms with E-state index in [0.717, 1.165) is 21.9 Å². The molecule has 4 rings (SSSR count). The second-order valence-corrected chi connectivity index (χ2v) is 8.15. The van der Waals surface area contributed by atoms with Crippen molar-refractivity contribution in [2.75, 3.05) is 18.4 Å². The van der Waals surface area contributed by atoms with Crippen molar-refractivity contribution in [2.24, 2.45) is 0 Å². The number of amides is 2. The summed E-state index contributed by atoms with van der Waals surface area (Å²) in [5.74, 6) is 0.611. The molecule has 0 radical (unpaired) electrons. The van der Waals surface area contributed by atoms with Crippen LogP contribution >= 0.6 is 11.3 Å². The Labute approximate surface area is 178 Å². The van der Waals surface area contributed by atoms with Gasteiger partial charge >= 0.3 is 6.09 Å². The van der Waals surface area contributed by atoms with Gasteiger partial charge in [0.25, 0.3) is 5.91 Å². The van der Waals surface area contributed by atoms with Crippen LogP contribution in [0.4, 0.5) is 10.5 Å². The second kappa shape index (κ2) is 9.00. The van der Waals surface area contributed by atoms with Crippen LogP contribution in [0.15, 0.2) is 66.7 Å². The lowest BCUT2D eigenvalue weighted by atomic mass is 10.1. The summed E-state index contributed by atoms with van der Waals surface area (Å²) < 4.78 is 6.22. The molecule has 1 fully saturated rings. The van der Waals surface area contributed by atoms with Crippen molar-refractivity contribution in [1.82, 2.24) is 4.90 Å². The molecule has 154 valence electrons. The summed E-state index contributed by atoms with van der Waals surface area (Å²) in [5, 5.41) is 12.0. The van der Waals surface area contributed by atoms with Crippen LogP contribution in [0, 0.1) is 0 Å². The van der Waals surface area contributed by atoms with Crippen molar-refractivity contribution >= 4 is 29.0 Å². The van der Waals surface area contributed by atoms with Gasteiger partial charge < -0.3 is 20.1 Å². The number of likely N-dealkylation sites (tertiary alicyclic amines) is 1.